The van der Waals surface area contributed by atoms with Crippen molar-refractivity contribution in [3.8, 4) is 11.5 Å². The van der Waals surface area contributed by atoms with Crippen molar-refractivity contribution in [2.45, 2.75) is 58.5 Å². The lowest BCUT2D eigenvalue weighted by Crippen LogP contribution is -2.28. The van der Waals surface area contributed by atoms with Crippen molar-refractivity contribution in [1.82, 2.24) is 9.97 Å². The Morgan fingerprint density at radius 1 is 1.09 bits per heavy atom. The number of ether oxygens (including phenoxy) is 2. The predicted octanol–water partition coefficient (Wildman–Crippen LogP) is 6.33. The van der Waals surface area contributed by atoms with E-state index in [0.717, 1.165) is 24.2 Å². The zero-order chi connectivity index (χ0) is 23.6. The van der Waals surface area contributed by atoms with Crippen LogP contribution >= 0.6 is 0 Å². The van der Waals surface area contributed by atoms with Gasteiger partial charge in [0.15, 0.2) is 11.6 Å². The van der Waals surface area contributed by atoms with Gasteiger partial charge in [0, 0.05) is 23.4 Å². The van der Waals surface area contributed by atoms with E-state index in [1.807, 2.05) is 39.0 Å². The monoisotopic (exact) mass is 448 g/mol. The molecule has 1 aromatic heterocycles. The van der Waals surface area contributed by atoms with Crippen molar-refractivity contribution in [2.75, 3.05) is 0 Å². The highest BCUT2D eigenvalue weighted by Gasteiger charge is 2.42. The van der Waals surface area contributed by atoms with E-state index in [0.29, 0.717) is 11.3 Å². The lowest BCUT2D eigenvalue weighted by Gasteiger charge is -2.29. The molecule has 1 aliphatic rings. The van der Waals surface area contributed by atoms with E-state index >= 15 is 0 Å². The van der Waals surface area contributed by atoms with E-state index in [9.17, 15) is 9.18 Å². The summed E-state index contributed by atoms with van der Waals surface area (Å²) in [4.78, 5) is 22.2. The fraction of sp³-hybridized carbons (Fsp3) is 0.370. The van der Waals surface area contributed by atoms with Gasteiger partial charge in [-0.2, -0.15) is 0 Å². The van der Waals surface area contributed by atoms with Crippen LogP contribution in [0.4, 0.5) is 4.39 Å². The van der Waals surface area contributed by atoms with E-state index in [1.54, 1.807) is 36.7 Å². The number of para-hydroxylation sites is 1. The van der Waals surface area contributed by atoms with Crippen LogP contribution in [0.5, 0.6) is 11.5 Å². The summed E-state index contributed by atoms with van der Waals surface area (Å²) in [6.45, 7) is 8.11. The van der Waals surface area contributed by atoms with Crippen LogP contribution in [0.15, 0.2) is 60.9 Å². The van der Waals surface area contributed by atoms with Crippen molar-refractivity contribution in [3.63, 3.8) is 0 Å². The molecular weight excluding hydrogens is 419 g/mol. The number of esters is 1. The van der Waals surface area contributed by atoms with E-state index in [-0.39, 0.29) is 23.7 Å². The van der Waals surface area contributed by atoms with Gasteiger partial charge in [-0.05, 0) is 48.1 Å². The Morgan fingerprint density at radius 3 is 2.36 bits per heavy atom. The zero-order valence-corrected chi connectivity index (χ0v) is 19.5. The van der Waals surface area contributed by atoms with E-state index in [2.05, 4.69) is 16.9 Å². The van der Waals surface area contributed by atoms with Gasteiger partial charge in [0.05, 0.1) is 5.92 Å². The summed E-state index contributed by atoms with van der Waals surface area (Å²) in [7, 11) is 0. The summed E-state index contributed by atoms with van der Waals surface area (Å²) in [5, 5.41) is 0. The standard InChI is InChI=1S/C27H29FN2O3/c1-26(2,3)23(19-15-29-25(30-16-19)27(4)12-13-27)24(31)32-17-18-10-11-21(28)22(14-18)33-20-8-6-5-7-9-20/h5-11,14-16,23H,12-13,17H2,1-4H3. The molecule has 0 amide bonds. The smallest absolute Gasteiger partial charge is 0.314 e. The van der Waals surface area contributed by atoms with Crippen LogP contribution < -0.4 is 4.74 Å². The van der Waals surface area contributed by atoms with Crippen LogP contribution in [0.3, 0.4) is 0 Å². The maximum atomic E-state index is 14.2. The molecule has 33 heavy (non-hydrogen) atoms. The minimum atomic E-state index is -0.529. The normalized spacial score (nSPS) is 15.5. The molecule has 0 saturated heterocycles. The fourth-order valence-corrected chi connectivity index (χ4v) is 3.77. The van der Waals surface area contributed by atoms with Crippen LogP contribution in [0.25, 0.3) is 0 Å². The van der Waals surface area contributed by atoms with Crippen molar-refractivity contribution < 1.29 is 18.7 Å². The van der Waals surface area contributed by atoms with E-state index in [4.69, 9.17) is 9.47 Å². The Balaban J connectivity index is 1.47. The Kier molecular flexibility index (Phi) is 6.19. The molecule has 172 valence electrons. The van der Waals surface area contributed by atoms with Crippen molar-refractivity contribution in [3.05, 3.63) is 83.7 Å². The molecule has 1 heterocycles. The topological polar surface area (TPSA) is 61.3 Å². The number of hydrogen-bond donors (Lipinski definition) is 0. The lowest BCUT2D eigenvalue weighted by molar-refractivity contribution is -0.149. The van der Waals surface area contributed by atoms with E-state index < -0.39 is 17.2 Å². The molecule has 1 fully saturated rings. The largest absolute Gasteiger partial charge is 0.460 e. The minimum absolute atomic E-state index is 0.00779. The Labute approximate surface area is 194 Å². The number of benzene rings is 2. The molecule has 1 unspecified atom stereocenters. The van der Waals surface area contributed by atoms with Crippen LogP contribution in [-0.4, -0.2) is 15.9 Å². The Bertz CT molecular complexity index is 1120. The second-order valence-corrected chi connectivity index (χ2v) is 9.99. The number of hydrogen-bond acceptors (Lipinski definition) is 5. The summed E-state index contributed by atoms with van der Waals surface area (Å²) >= 11 is 0. The predicted molar refractivity (Wildman–Crippen MR) is 124 cm³/mol. The first-order valence-electron chi connectivity index (χ1n) is 11.2. The highest BCUT2D eigenvalue weighted by molar-refractivity contribution is 5.79. The number of carbonyl (C=O) groups is 1. The molecule has 3 aromatic rings. The molecule has 0 N–H and O–H groups in total. The number of aromatic nitrogens is 2. The van der Waals surface area contributed by atoms with Crippen LogP contribution in [-0.2, 0) is 21.6 Å². The van der Waals surface area contributed by atoms with Gasteiger partial charge in [-0.1, -0.05) is 52.0 Å². The first-order chi connectivity index (χ1) is 15.7. The summed E-state index contributed by atoms with van der Waals surface area (Å²) in [5.74, 6) is 0.0551. The van der Waals surface area contributed by atoms with Gasteiger partial charge in [0.2, 0.25) is 0 Å². The number of nitrogens with zero attached hydrogens (tertiary/aromatic N) is 2. The molecule has 0 radical (unpaired) electrons. The Morgan fingerprint density at radius 2 is 1.76 bits per heavy atom. The first kappa shape index (κ1) is 22.9. The second-order valence-electron chi connectivity index (χ2n) is 9.99. The third-order valence-electron chi connectivity index (χ3n) is 5.99. The van der Waals surface area contributed by atoms with Gasteiger partial charge in [-0.25, -0.2) is 14.4 Å². The maximum absolute atomic E-state index is 14.2. The molecule has 0 aliphatic heterocycles. The van der Waals surface area contributed by atoms with Crippen LogP contribution in [0.2, 0.25) is 0 Å². The SMILES string of the molecule is CC1(c2ncc(C(C(=O)OCc3ccc(F)c(Oc4ccccc4)c3)C(C)(C)C)cn2)CC1. The van der Waals surface area contributed by atoms with Crippen LogP contribution in [0, 0.1) is 11.2 Å². The number of rotatable bonds is 7. The van der Waals surface area contributed by atoms with Crippen LogP contribution in [0.1, 0.15) is 63.4 Å². The van der Waals surface area contributed by atoms with Crippen molar-refractivity contribution in [2.24, 2.45) is 5.41 Å². The highest BCUT2D eigenvalue weighted by atomic mass is 19.1. The van der Waals surface area contributed by atoms with Crippen molar-refractivity contribution in [1.29, 1.82) is 0 Å². The molecular formula is C27H29FN2O3. The van der Waals surface area contributed by atoms with Gasteiger partial charge < -0.3 is 9.47 Å². The molecule has 1 atom stereocenters. The lowest BCUT2D eigenvalue weighted by atomic mass is 9.77. The van der Waals surface area contributed by atoms with Gasteiger partial charge >= 0.3 is 5.97 Å². The number of carbonyl (C=O) groups excluding carboxylic acids is 1. The summed E-state index contributed by atoms with van der Waals surface area (Å²) in [6.07, 6.45) is 5.66. The number of halogens is 1. The molecule has 2 aromatic carbocycles. The summed E-state index contributed by atoms with van der Waals surface area (Å²) < 4.78 is 25.5. The van der Waals surface area contributed by atoms with Gasteiger partial charge in [-0.15, -0.1) is 0 Å². The maximum Gasteiger partial charge on any atom is 0.314 e. The Hall–Kier alpha value is -3.28. The van der Waals surface area contributed by atoms with Gasteiger partial charge in [-0.3, -0.25) is 4.79 Å². The molecule has 1 saturated carbocycles. The molecule has 1 aliphatic carbocycles. The molecule has 4 rings (SSSR count). The fourth-order valence-electron chi connectivity index (χ4n) is 3.77. The first-order valence-corrected chi connectivity index (χ1v) is 11.2. The van der Waals surface area contributed by atoms with E-state index in [1.165, 1.54) is 6.07 Å². The molecule has 0 spiro atoms. The third kappa shape index (κ3) is 5.38. The molecule has 5 nitrogen and oxygen atoms in total. The quantitative estimate of drug-likeness (QED) is 0.395. The third-order valence-corrected chi connectivity index (χ3v) is 5.99. The molecule has 0 bridgehead atoms. The average Bonchev–Trinajstić information content (AvgIpc) is 3.53. The van der Waals surface area contributed by atoms with Gasteiger partial charge in [0.25, 0.3) is 0 Å². The molecule has 6 heteroatoms. The minimum Gasteiger partial charge on any atom is -0.460 e. The highest BCUT2D eigenvalue weighted by Crippen LogP contribution is 2.46. The summed E-state index contributed by atoms with van der Waals surface area (Å²) in [6, 6.07) is 13.4. The average molecular weight is 449 g/mol. The van der Waals surface area contributed by atoms with Gasteiger partial charge in [0.1, 0.15) is 18.2 Å². The summed E-state index contributed by atoms with van der Waals surface area (Å²) in [5.41, 5.74) is 1.04. The zero-order valence-electron chi connectivity index (χ0n) is 19.5. The van der Waals surface area contributed by atoms with Crippen molar-refractivity contribution >= 4 is 5.97 Å². The second kappa shape index (κ2) is 8.93.